The summed E-state index contributed by atoms with van der Waals surface area (Å²) in [7, 11) is 0. The van der Waals surface area contributed by atoms with Crippen molar-refractivity contribution in [3.63, 3.8) is 0 Å². The lowest BCUT2D eigenvalue weighted by atomic mass is 9.50. The first-order valence-electron chi connectivity index (χ1n) is 5.38. The van der Waals surface area contributed by atoms with E-state index in [1.54, 1.807) is 0 Å². The summed E-state index contributed by atoms with van der Waals surface area (Å²) in [6.45, 7) is 0. The van der Waals surface area contributed by atoms with Gasteiger partial charge in [0.15, 0.2) is 0 Å². The van der Waals surface area contributed by atoms with Gasteiger partial charge in [-0.1, -0.05) is 30.7 Å². The highest BCUT2D eigenvalue weighted by molar-refractivity contribution is 5.30. The quantitative estimate of drug-likeness (QED) is 0.561. The largest absolute Gasteiger partial charge is 0.392 e. The summed E-state index contributed by atoms with van der Waals surface area (Å²) < 4.78 is 0. The molecular formula is C12H16O. The summed E-state index contributed by atoms with van der Waals surface area (Å²) in [6, 6.07) is 0. The Kier molecular flexibility index (Phi) is 1.49. The molecule has 1 nitrogen and oxygen atoms in total. The van der Waals surface area contributed by atoms with Crippen molar-refractivity contribution in [3.05, 3.63) is 24.3 Å². The predicted molar refractivity (Wildman–Crippen MR) is 52.2 cm³/mol. The molecule has 3 aliphatic carbocycles. The summed E-state index contributed by atoms with van der Waals surface area (Å²) in [5.41, 5.74) is 0.160. The maximum absolute atomic E-state index is 10.1. The lowest BCUT2D eigenvalue weighted by molar-refractivity contribution is -0.0510. The van der Waals surface area contributed by atoms with Gasteiger partial charge < -0.3 is 5.11 Å². The van der Waals surface area contributed by atoms with Crippen LogP contribution in [0.4, 0.5) is 0 Å². The molecule has 1 heteroatoms. The molecule has 13 heavy (non-hydrogen) atoms. The maximum Gasteiger partial charge on any atom is 0.0642 e. The van der Waals surface area contributed by atoms with Gasteiger partial charge in [0, 0.05) is 5.41 Å². The average Bonchev–Trinajstić information content (AvgIpc) is 2.09. The summed E-state index contributed by atoms with van der Waals surface area (Å²) in [5.74, 6) is 1.26. The molecule has 0 bridgehead atoms. The molecule has 4 unspecified atom stereocenters. The molecule has 0 saturated heterocycles. The van der Waals surface area contributed by atoms with E-state index in [1.165, 1.54) is 12.8 Å². The van der Waals surface area contributed by atoms with Crippen molar-refractivity contribution in [2.75, 3.05) is 0 Å². The Hall–Kier alpha value is -0.560. The van der Waals surface area contributed by atoms with Gasteiger partial charge in [-0.05, 0) is 31.1 Å². The van der Waals surface area contributed by atoms with Crippen LogP contribution in [0, 0.1) is 17.3 Å². The van der Waals surface area contributed by atoms with E-state index < -0.39 is 0 Å². The molecule has 4 atom stereocenters. The second-order valence-corrected chi connectivity index (χ2v) is 4.68. The van der Waals surface area contributed by atoms with Crippen molar-refractivity contribution in [1.82, 2.24) is 0 Å². The third kappa shape index (κ3) is 0.812. The second-order valence-electron chi connectivity index (χ2n) is 4.68. The SMILES string of the molecule is OC1CCCC2C=CCC3C=CC132. The van der Waals surface area contributed by atoms with Crippen molar-refractivity contribution < 1.29 is 5.11 Å². The molecular weight excluding hydrogens is 160 g/mol. The zero-order chi connectivity index (χ0) is 8.89. The zero-order valence-electron chi connectivity index (χ0n) is 7.82. The highest BCUT2D eigenvalue weighted by Gasteiger charge is 2.53. The third-order valence-corrected chi connectivity index (χ3v) is 4.23. The average molecular weight is 176 g/mol. The Bertz CT molecular complexity index is 279. The Balaban J connectivity index is 2.02. The van der Waals surface area contributed by atoms with Crippen LogP contribution in [-0.2, 0) is 0 Å². The first-order valence-corrected chi connectivity index (χ1v) is 5.38. The molecule has 1 spiro atoms. The predicted octanol–water partition coefficient (Wildman–Crippen LogP) is 2.28. The number of aliphatic hydroxyl groups is 1. The molecule has 0 aromatic rings. The molecule has 1 N–H and O–H groups in total. The lowest BCUT2D eigenvalue weighted by Gasteiger charge is -2.55. The van der Waals surface area contributed by atoms with Crippen molar-refractivity contribution in [1.29, 1.82) is 0 Å². The lowest BCUT2D eigenvalue weighted by Crippen LogP contribution is -2.53. The fourth-order valence-corrected chi connectivity index (χ4v) is 3.42. The van der Waals surface area contributed by atoms with Crippen LogP contribution in [-0.4, -0.2) is 11.2 Å². The van der Waals surface area contributed by atoms with Gasteiger partial charge in [0.1, 0.15) is 0 Å². The van der Waals surface area contributed by atoms with Gasteiger partial charge >= 0.3 is 0 Å². The standard InChI is InChI=1S/C12H16O/c13-11-6-2-5-9-3-1-4-10-7-8-12(9,10)11/h1,3,7-11,13H,2,4-6H2. The molecule has 70 valence electrons. The van der Waals surface area contributed by atoms with E-state index in [9.17, 15) is 5.11 Å². The van der Waals surface area contributed by atoms with Gasteiger partial charge in [0.25, 0.3) is 0 Å². The number of aliphatic hydroxyl groups excluding tert-OH is 1. The highest BCUT2D eigenvalue weighted by atomic mass is 16.3. The van der Waals surface area contributed by atoms with Gasteiger partial charge in [-0.15, -0.1) is 0 Å². The number of hydrogen-bond acceptors (Lipinski definition) is 1. The first-order chi connectivity index (χ1) is 6.34. The van der Waals surface area contributed by atoms with Crippen LogP contribution in [0.3, 0.4) is 0 Å². The van der Waals surface area contributed by atoms with E-state index in [-0.39, 0.29) is 11.5 Å². The van der Waals surface area contributed by atoms with E-state index in [1.807, 2.05) is 0 Å². The van der Waals surface area contributed by atoms with Gasteiger partial charge in [0.2, 0.25) is 0 Å². The fourth-order valence-electron chi connectivity index (χ4n) is 3.42. The monoisotopic (exact) mass is 176 g/mol. The maximum atomic E-state index is 10.1. The minimum absolute atomic E-state index is 0.0776. The number of rotatable bonds is 0. The molecule has 1 fully saturated rings. The van der Waals surface area contributed by atoms with Crippen LogP contribution in [0.5, 0.6) is 0 Å². The topological polar surface area (TPSA) is 20.2 Å². The summed E-state index contributed by atoms with van der Waals surface area (Å²) in [6.07, 6.45) is 13.7. The minimum Gasteiger partial charge on any atom is -0.392 e. The van der Waals surface area contributed by atoms with E-state index in [2.05, 4.69) is 24.3 Å². The van der Waals surface area contributed by atoms with E-state index in [0.29, 0.717) is 11.8 Å². The molecule has 0 aromatic carbocycles. The van der Waals surface area contributed by atoms with Crippen LogP contribution in [0.2, 0.25) is 0 Å². The van der Waals surface area contributed by atoms with Crippen LogP contribution in [0.15, 0.2) is 24.3 Å². The smallest absolute Gasteiger partial charge is 0.0642 e. The van der Waals surface area contributed by atoms with Gasteiger partial charge in [-0.2, -0.15) is 0 Å². The summed E-state index contributed by atoms with van der Waals surface area (Å²) in [5, 5.41) is 10.1. The van der Waals surface area contributed by atoms with Crippen LogP contribution in [0.25, 0.3) is 0 Å². The molecule has 1 saturated carbocycles. The van der Waals surface area contributed by atoms with E-state index >= 15 is 0 Å². The Labute approximate surface area is 79.2 Å². The van der Waals surface area contributed by atoms with Gasteiger partial charge in [-0.3, -0.25) is 0 Å². The van der Waals surface area contributed by atoms with Crippen LogP contribution < -0.4 is 0 Å². The Morgan fingerprint density at radius 3 is 2.77 bits per heavy atom. The van der Waals surface area contributed by atoms with Crippen molar-refractivity contribution in [3.8, 4) is 0 Å². The summed E-state index contributed by atoms with van der Waals surface area (Å²) >= 11 is 0. The zero-order valence-corrected chi connectivity index (χ0v) is 7.82. The molecule has 0 amide bonds. The first kappa shape index (κ1) is 7.81. The van der Waals surface area contributed by atoms with E-state index in [4.69, 9.17) is 0 Å². The molecule has 3 rings (SSSR count). The van der Waals surface area contributed by atoms with Gasteiger partial charge in [0.05, 0.1) is 6.10 Å². The summed E-state index contributed by atoms with van der Waals surface area (Å²) in [4.78, 5) is 0. The fraction of sp³-hybridized carbons (Fsp3) is 0.667. The molecule has 0 aromatic heterocycles. The van der Waals surface area contributed by atoms with Crippen molar-refractivity contribution >= 4 is 0 Å². The van der Waals surface area contributed by atoms with Crippen LogP contribution in [0.1, 0.15) is 25.7 Å². The third-order valence-electron chi connectivity index (χ3n) is 4.23. The molecule has 3 aliphatic rings. The van der Waals surface area contributed by atoms with Crippen LogP contribution >= 0.6 is 0 Å². The second kappa shape index (κ2) is 2.48. The Morgan fingerprint density at radius 1 is 1.15 bits per heavy atom. The minimum atomic E-state index is -0.0776. The number of hydrogen-bond donors (Lipinski definition) is 1. The Morgan fingerprint density at radius 2 is 2.08 bits per heavy atom. The molecule has 0 heterocycles. The molecule has 0 aliphatic heterocycles. The number of allylic oxidation sites excluding steroid dienone is 3. The highest BCUT2D eigenvalue weighted by Crippen LogP contribution is 2.57. The molecule has 0 radical (unpaired) electrons. The van der Waals surface area contributed by atoms with E-state index in [0.717, 1.165) is 12.8 Å². The van der Waals surface area contributed by atoms with Gasteiger partial charge in [-0.25, -0.2) is 0 Å². The normalized spacial score (nSPS) is 52.2. The van der Waals surface area contributed by atoms with Crippen molar-refractivity contribution in [2.45, 2.75) is 31.8 Å². The van der Waals surface area contributed by atoms with Crippen molar-refractivity contribution in [2.24, 2.45) is 17.3 Å².